The van der Waals surface area contributed by atoms with E-state index in [1.165, 1.54) is 24.3 Å². The van der Waals surface area contributed by atoms with Crippen molar-refractivity contribution in [2.24, 2.45) is 10.9 Å². The lowest BCUT2D eigenvalue weighted by molar-refractivity contribution is 0.0387. The highest BCUT2D eigenvalue weighted by atomic mass is 16.6. The summed E-state index contributed by atoms with van der Waals surface area (Å²) in [5.41, 5.74) is 3.00. The fourth-order valence-electron chi connectivity index (χ4n) is 3.25. The van der Waals surface area contributed by atoms with E-state index in [1.807, 2.05) is 24.3 Å². The van der Waals surface area contributed by atoms with Gasteiger partial charge in [-0.3, -0.25) is 5.32 Å². The van der Waals surface area contributed by atoms with Gasteiger partial charge in [0.05, 0.1) is 30.0 Å². The third-order valence-electron chi connectivity index (χ3n) is 5.09. The Labute approximate surface area is 207 Å². The summed E-state index contributed by atoms with van der Waals surface area (Å²) in [4.78, 5) is 49.4. The van der Waals surface area contributed by atoms with Crippen molar-refractivity contribution in [3.8, 4) is 0 Å². The molecule has 9 heteroatoms. The number of hydrogen-bond acceptors (Lipinski definition) is 7. The number of hydrogen-bond donors (Lipinski definition) is 2. The van der Waals surface area contributed by atoms with Crippen molar-refractivity contribution in [1.29, 1.82) is 0 Å². The number of benzene rings is 3. The maximum Gasteiger partial charge on any atom is 0.411 e. The summed E-state index contributed by atoms with van der Waals surface area (Å²) in [6, 6.07) is 20.3. The zero-order valence-electron chi connectivity index (χ0n) is 19.5. The number of carboxylic acid groups (broad SMARTS) is 1. The second-order valence-corrected chi connectivity index (χ2v) is 8.02. The van der Waals surface area contributed by atoms with E-state index in [0.29, 0.717) is 17.8 Å². The van der Waals surface area contributed by atoms with Crippen LogP contribution in [0.2, 0.25) is 0 Å². The van der Waals surface area contributed by atoms with Gasteiger partial charge in [0, 0.05) is 11.6 Å². The van der Waals surface area contributed by atoms with E-state index < -0.39 is 18.0 Å². The summed E-state index contributed by atoms with van der Waals surface area (Å²) in [6.45, 7) is 1.69. The molecule has 3 aromatic rings. The quantitative estimate of drug-likeness (QED) is 0.234. The molecule has 0 bridgehead atoms. The number of carboxylic acids is 1. The summed E-state index contributed by atoms with van der Waals surface area (Å²) >= 11 is 0. The van der Waals surface area contributed by atoms with Crippen LogP contribution in [-0.2, 0) is 20.7 Å². The molecule has 1 atom stereocenters. The summed E-state index contributed by atoms with van der Waals surface area (Å²) in [5.74, 6) is -2.28. The fraction of sp³-hybridized carbons (Fsp3) is 0.185. The standard InChI is InChI=1S/C27H24N2O7/c1-18(15-35-26(33)24-5-3-2-4-23(24)25(31)32)16-36-27(34)29-22-12-8-20(9-13-22)14-19-6-10-21(11-7-19)28-17-30/h2-13,18H,14-16H2,1H3,(H,29,34)(H,31,32). The van der Waals surface area contributed by atoms with Gasteiger partial charge in [-0.25, -0.2) is 19.2 Å². The van der Waals surface area contributed by atoms with Crippen molar-refractivity contribution in [2.75, 3.05) is 18.5 Å². The van der Waals surface area contributed by atoms with Crippen LogP contribution in [0.3, 0.4) is 0 Å². The van der Waals surface area contributed by atoms with Crippen LogP contribution in [0.5, 0.6) is 0 Å². The second kappa shape index (κ2) is 12.6. The number of nitrogens with one attached hydrogen (secondary N) is 1. The monoisotopic (exact) mass is 488 g/mol. The lowest BCUT2D eigenvalue weighted by atomic mass is 10.0. The molecule has 0 fully saturated rings. The summed E-state index contributed by atoms with van der Waals surface area (Å²) in [5, 5.41) is 11.8. The molecular weight excluding hydrogens is 464 g/mol. The third-order valence-corrected chi connectivity index (χ3v) is 5.09. The highest BCUT2D eigenvalue weighted by Crippen LogP contribution is 2.17. The zero-order valence-corrected chi connectivity index (χ0v) is 19.5. The number of nitrogens with zero attached hydrogens (tertiary/aromatic N) is 1. The number of esters is 1. The molecular formula is C27H24N2O7. The Hall–Kier alpha value is -4.75. The van der Waals surface area contributed by atoms with Crippen molar-refractivity contribution in [3.05, 3.63) is 95.1 Å². The zero-order chi connectivity index (χ0) is 25.9. The number of aliphatic imine (C=N–C) groups is 1. The molecule has 0 aliphatic rings. The average molecular weight is 488 g/mol. The number of anilines is 1. The van der Waals surface area contributed by atoms with Gasteiger partial charge in [-0.05, 0) is 53.9 Å². The molecule has 3 aromatic carbocycles. The molecule has 1 unspecified atom stereocenters. The Morgan fingerprint density at radius 2 is 1.47 bits per heavy atom. The summed E-state index contributed by atoms with van der Waals surface area (Å²) in [7, 11) is 0. The molecule has 0 saturated carbocycles. The van der Waals surface area contributed by atoms with E-state index >= 15 is 0 Å². The highest BCUT2D eigenvalue weighted by Gasteiger charge is 2.18. The van der Waals surface area contributed by atoms with Crippen LogP contribution < -0.4 is 5.32 Å². The summed E-state index contributed by atoms with van der Waals surface area (Å²) < 4.78 is 10.4. The Kier molecular flexibility index (Phi) is 9.08. The number of amides is 1. The second-order valence-electron chi connectivity index (χ2n) is 8.02. The van der Waals surface area contributed by atoms with Gasteiger partial charge < -0.3 is 14.6 Å². The smallest absolute Gasteiger partial charge is 0.411 e. The molecule has 2 N–H and O–H groups in total. The van der Waals surface area contributed by atoms with Gasteiger partial charge in [0.25, 0.3) is 0 Å². The van der Waals surface area contributed by atoms with Crippen LogP contribution in [0.15, 0.2) is 77.8 Å². The first kappa shape index (κ1) is 25.9. The fourth-order valence-corrected chi connectivity index (χ4v) is 3.25. The molecule has 1 amide bonds. The first-order valence-electron chi connectivity index (χ1n) is 11.0. The number of aromatic carboxylic acids is 1. The van der Waals surface area contributed by atoms with Gasteiger partial charge in [0.2, 0.25) is 6.08 Å². The molecule has 0 aliphatic heterocycles. The van der Waals surface area contributed by atoms with E-state index in [-0.39, 0.29) is 30.3 Å². The molecule has 0 saturated heterocycles. The molecule has 0 spiro atoms. The van der Waals surface area contributed by atoms with Crippen LogP contribution in [0.25, 0.3) is 0 Å². The minimum absolute atomic E-state index is 0.00190. The van der Waals surface area contributed by atoms with Crippen molar-refractivity contribution in [2.45, 2.75) is 13.3 Å². The van der Waals surface area contributed by atoms with Crippen LogP contribution in [0.4, 0.5) is 16.2 Å². The maximum atomic E-state index is 12.2. The molecule has 0 aliphatic carbocycles. The van der Waals surface area contributed by atoms with Crippen LogP contribution in [0, 0.1) is 5.92 Å². The SMILES string of the molecule is CC(COC(=O)Nc1ccc(Cc2ccc(N=C=O)cc2)cc1)COC(=O)c1ccccc1C(=O)O. The number of ether oxygens (including phenoxy) is 2. The topological polar surface area (TPSA) is 131 Å². The molecule has 184 valence electrons. The Morgan fingerprint density at radius 1 is 0.889 bits per heavy atom. The number of rotatable bonds is 10. The Morgan fingerprint density at radius 3 is 2.08 bits per heavy atom. The number of carbonyl (C=O) groups is 3. The van der Waals surface area contributed by atoms with Gasteiger partial charge in [-0.15, -0.1) is 0 Å². The van der Waals surface area contributed by atoms with Gasteiger partial charge in [-0.2, -0.15) is 4.99 Å². The first-order valence-corrected chi connectivity index (χ1v) is 11.0. The molecule has 0 heterocycles. The predicted molar refractivity (Wildman–Crippen MR) is 131 cm³/mol. The lowest BCUT2D eigenvalue weighted by Gasteiger charge is -2.14. The van der Waals surface area contributed by atoms with E-state index in [2.05, 4.69) is 10.3 Å². The molecule has 9 nitrogen and oxygen atoms in total. The van der Waals surface area contributed by atoms with E-state index in [1.54, 1.807) is 37.3 Å². The first-order chi connectivity index (χ1) is 17.4. The highest BCUT2D eigenvalue weighted by molar-refractivity contribution is 6.02. The summed E-state index contributed by atoms with van der Waals surface area (Å²) in [6.07, 6.45) is 1.52. The lowest BCUT2D eigenvalue weighted by Crippen LogP contribution is -2.22. The molecule has 3 rings (SSSR count). The maximum absolute atomic E-state index is 12.2. The average Bonchev–Trinajstić information content (AvgIpc) is 2.88. The Balaban J connectivity index is 1.42. The van der Waals surface area contributed by atoms with E-state index in [0.717, 1.165) is 11.1 Å². The van der Waals surface area contributed by atoms with Crippen molar-refractivity contribution in [3.63, 3.8) is 0 Å². The van der Waals surface area contributed by atoms with E-state index in [4.69, 9.17) is 9.47 Å². The third kappa shape index (κ3) is 7.65. The van der Waals surface area contributed by atoms with Crippen LogP contribution in [0.1, 0.15) is 38.8 Å². The van der Waals surface area contributed by atoms with Crippen LogP contribution in [-0.4, -0.2) is 42.4 Å². The van der Waals surface area contributed by atoms with E-state index in [9.17, 15) is 24.3 Å². The van der Waals surface area contributed by atoms with Crippen LogP contribution >= 0.6 is 0 Å². The van der Waals surface area contributed by atoms with Crippen molar-refractivity contribution < 1.29 is 33.8 Å². The van der Waals surface area contributed by atoms with Gasteiger partial charge in [0.15, 0.2) is 0 Å². The van der Waals surface area contributed by atoms with Gasteiger partial charge in [0.1, 0.15) is 0 Å². The minimum Gasteiger partial charge on any atom is -0.478 e. The van der Waals surface area contributed by atoms with Gasteiger partial charge in [-0.1, -0.05) is 43.3 Å². The normalized spacial score (nSPS) is 11.0. The molecule has 36 heavy (non-hydrogen) atoms. The number of isocyanates is 1. The Bertz CT molecular complexity index is 1260. The molecule has 0 aromatic heterocycles. The predicted octanol–water partition coefficient (Wildman–Crippen LogP) is 4.98. The van der Waals surface area contributed by atoms with Gasteiger partial charge >= 0.3 is 18.0 Å². The largest absolute Gasteiger partial charge is 0.478 e. The minimum atomic E-state index is -1.22. The van der Waals surface area contributed by atoms with Crippen molar-refractivity contribution >= 4 is 35.5 Å². The molecule has 0 radical (unpaired) electrons. The van der Waals surface area contributed by atoms with Crippen molar-refractivity contribution in [1.82, 2.24) is 0 Å². The number of carbonyl (C=O) groups excluding carboxylic acids is 3.